The molecule has 0 aromatic heterocycles. The van der Waals surface area contributed by atoms with Gasteiger partial charge in [0.2, 0.25) is 0 Å². The van der Waals surface area contributed by atoms with Crippen LogP contribution in [0.2, 0.25) is 0 Å². The summed E-state index contributed by atoms with van der Waals surface area (Å²) in [5.74, 6) is -1.51. The molecule has 0 saturated carbocycles. The highest BCUT2D eigenvalue weighted by Gasteiger charge is 1.98. The monoisotopic (exact) mass is 183 g/mol. The van der Waals surface area contributed by atoms with E-state index in [1.54, 1.807) is 6.07 Å². The van der Waals surface area contributed by atoms with Gasteiger partial charge in [-0.15, -0.1) is 0 Å². The maximum Gasteiger partial charge on any atom is 0.329 e. The molecule has 0 heterocycles. The van der Waals surface area contributed by atoms with E-state index in [1.165, 1.54) is 12.1 Å². The SMILES string of the molecule is O=C(O)COCc1cc[c]c(F)c1. The van der Waals surface area contributed by atoms with Crippen LogP contribution in [0.3, 0.4) is 0 Å². The van der Waals surface area contributed by atoms with Crippen molar-refractivity contribution < 1.29 is 19.0 Å². The summed E-state index contributed by atoms with van der Waals surface area (Å²) in [6.45, 7) is -0.280. The molecule has 0 atom stereocenters. The first-order chi connectivity index (χ1) is 6.18. The largest absolute Gasteiger partial charge is 0.480 e. The normalized spacial score (nSPS) is 9.92. The molecule has 1 aromatic rings. The molecule has 1 aromatic carbocycles. The van der Waals surface area contributed by atoms with Gasteiger partial charge < -0.3 is 9.84 Å². The van der Waals surface area contributed by atoms with E-state index in [4.69, 9.17) is 9.84 Å². The number of ether oxygens (including phenoxy) is 1. The summed E-state index contributed by atoms with van der Waals surface area (Å²) >= 11 is 0. The molecule has 0 aliphatic carbocycles. The Bertz CT molecular complexity index is 299. The Hall–Kier alpha value is -1.42. The molecule has 3 nitrogen and oxygen atoms in total. The van der Waals surface area contributed by atoms with Gasteiger partial charge in [-0.1, -0.05) is 12.1 Å². The molecule has 4 heteroatoms. The Labute approximate surface area is 74.8 Å². The first kappa shape index (κ1) is 9.67. The van der Waals surface area contributed by atoms with Gasteiger partial charge in [0.15, 0.2) is 0 Å². The van der Waals surface area contributed by atoms with Crippen LogP contribution in [0.1, 0.15) is 5.56 Å². The van der Waals surface area contributed by atoms with Crippen LogP contribution in [-0.4, -0.2) is 17.7 Å². The summed E-state index contributed by atoms with van der Waals surface area (Å²) in [6, 6.07) is 6.63. The second kappa shape index (κ2) is 4.57. The van der Waals surface area contributed by atoms with Crippen LogP contribution in [-0.2, 0) is 16.1 Å². The topological polar surface area (TPSA) is 46.5 Å². The summed E-state index contributed by atoms with van der Waals surface area (Å²) in [7, 11) is 0. The molecule has 1 N–H and O–H groups in total. The molecular weight excluding hydrogens is 175 g/mol. The molecule has 13 heavy (non-hydrogen) atoms. The fraction of sp³-hybridized carbons (Fsp3) is 0.222. The summed E-state index contributed by atoms with van der Waals surface area (Å²) in [4.78, 5) is 10.1. The number of carboxylic acid groups (broad SMARTS) is 1. The Morgan fingerprint density at radius 3 is 3.08 bits per heavy atom. The van der Waals surface area contributed by atoms with Gasteiger partial charge in [0.25, 0.3) is 0 Å². The number of hydrogen-bond donors (Lipinski definition) is 1. The predicted octanol–water partition coefficient (Wildman–Crippen LogP) is 1.23. The molecular formula is C9H8FO3. The fourth-order valence-electron chi connectivity index (χ4n) is 0.827. The number of halogens is 1. The lowest BCUT2D eigenvalue weighted by atomic mass is 10.2. The van der Waals surface area contributed by atoms with Crippen molar-refractivity contribution in [3.63, 3.8) is 0 Å². The number of hydrogen-bond acceptors (Lipinski definition) is 2. The van der Waals surface area contributed by atoms with Crippen LogP contribution >= 0.6 is 0 Å². The maximum atomic E-state index is 12.5. The quantitative estimate of drug-likeness (QED) is 0.763. The molecule has 0 unspecified atom stereocenters. The Kier molecular flexibility index (Phi) is 3.40. The van der Waals surface area contributed by atoms with Crippen molar-refractivity contribution >= 4 is 5.97 Å². The third-order valence-corrected chi connectivity index (χ3v) is 1.33. The molecule has 0 aliphatic heterocycles. The smallest absolute Gasteiger partial charge is 0.329 e. The average molecular weight is 183 g/mol. The number of carbonyl (C=O) groups is 1. The van der Waals surface area contributed by atoms with Gasteiger partial charge in [-0.05, 0) is 11.6 Å². The second-order valence-corrected chi connectivity index (χ2v) is 2.43. The van der Waals surface area contributed by atoms with Crippen molar-refractivity contribution in [3.05, 3.63) is 35.6 Å². The molecule has 0 aliphatic rings. The van der Waals surface area contributed by atoms with E-state index < -0.39 is 11.8 Å². The van der Waals surface area contributed by atoms with Gasteiger partial charge >= 0.3 is 5.97 Å². The predicted molar refractivity (Wildman–Crippen MR) is 42.5 cm³/mol. The molecule has 0 spiro atoms. The van der Waals surface area contributed by atoms with E-state index in [2.05, 4.69) is 6.07 Å². The Morgan fingerprint density at radius 1 is 1.69 bits per heavy atom. The number of rotatable bonds is 4. The van der Waals surface area contributed by atoms with Crippen molar-refractivity contribution in [2.75, 3.05) is 6.61 Å². The molecule has 1 rings (SSSR count). The minimum Gasteiger partial charge on any atom is -0.480 e. The van der Waals surface area contributed by atoms with Crippen LogP contribution in [0.25, 0.3) is 0 Å². The van der Waals surface area contributed by atoms with Crippen molar-refractivity contribution in [2.45, 2.75) is 6.61 Å². The minimum atomic E-state index is -1.04. The summed E-state index contributed by atoms with van der Waals surface area (Å²) in [5, 5.41) is 8.24. The Morgan fingerprint density at radius 2 is 2.46 bits per heavy atom. The molecule has 0 bridgehead atoms. The van der Waals surface area contributed by atoms with Gasteiger partial charge in [0, 0.05) is 6.07 Å². The van der Waals surface area contributed by atoms with Crippen molar-refractivity contribution in [2.24, 2.45) is 0 Å². The van der Waals surface area contributed by atoms with Crippen LogP contribution in [0.4, 0.5) is 4.39 Å². The van der Waals surface area contributed by atoms with E-state index in [-0.39, 0.29) is 13.2 Å². The first-order valence-electron chi connectivity index (χ1n) is 3.64. The maximum absolute atomic E-state index is 12.5. The zero-order valence-electron chi connectivity index (χ0n) is 6.79. The van der Waals surface area contributed by atoms with Gasteiger partial charge in [0.05, 0.1) is 6.61 Å². The number of benzene rings is 1. The number of aliphatic carboxylic acids is 1. The van der Waals surface area contributed by atoms with Gasteiger partial charge in [-0.25, -0.2) is 9.18 Å². The lowest BCUT2D eigenvalue weighted by Crippen LogP contribution is -2.06. The van der Waals surface area contributed by atoms with E-state index in [0.717, 1.165) is 0 Å². The number of carboxylic acids is 1. The molecule has 1 radical (unpaired) electrons. The van der Waals surface area contributed by atoms with Crippen LogP contribution < -0.4 is 0 Å². The van der Waals surface area contributed by atoms with Crippen molar-refractivity contribution in [1.82, 2.24) is 0 Å². The van der Waals surface area contributed by atoms with E-state index in [0.29, 0.717) is 5.56 Å². The highest BCUT2D eigenvalue weighted by atomic mass is 19.1. The standard InChI is InChI=1S/C9H8FO3/c10-8-3-1-2-7(4-8)5-13-6-9(11)12/h1-2,4H,5-6H2,(H,11,12). The Balaban J connectivity index is 2.41. The summed E-state index contributed by atoms with van der Waals surface area (Å²) in [5.41, 5.74) is 0.595. The zero-order chi connectivity index (χ0) is 9.68. The van der Waals surface area contributed by atoms with Gasteiger partial charge in [-0.2, -0.15) is 0 Å². The third-order valence-electron chi connectivity index (χ3n) is 1.33. The third kappa shape index (κ3) is 3.66. The van der Waals surface area contributed by atoms with Crippen LogP contribution in [0, 0.1) is 11.9 Å². The van der Waals surface area contributed by atoms with Gasteiger partial charge in [0.1, 0.15) is 12.4 Å². The van der Waals surface area contributed by atoms with E-state index >= 15 is 0 Å². The van der Waals surface area contributed by atoms with Crippen LogP contribution in [0.5, 0.6) is 0 Å². The van der Waals surface area contributed by atoms with E-state index in [9.17, 15) is 9.18 Å². The lowest BCUT2D eigenvalue weighted by molar-refractivity contribution is -0.142. The lowest BCUT2D eigenvalue weighted by Gasteiger charge is -2.00. The molecule has 0 saturated heterocycles. The average Bonchev–Trinajstić information content (AvgIpc) is 2.03. The highest BCUT2D eigenvalue weighted by Crippen LogP contribution is 2.03. The molecule has 0 amide bonds. The second-order valence-electron chi connectivity index (χ2n) is 2.43. The molecule has 69 valence electrons. The van der Waals surface area contributed by atoms with Crippen LogP contribution in [0.15, 0.2) is 18.2 Å². The zero-order valence-corrected chi connectivity index (χ0v) is 6.79. The highest BCUT2D eigenvalue weighted by molar-refractivity contribution is 5.67. The van der Waals surface area contributed by atoms with Crippen molar-refractivity contribution in [3.8, 4) is 0 Å². The van der Waals surface area contributed by atoms with E-state index in [1.807, 2.05) is 0 Å². The molecule has 0 fully saturated rings. The summed E-state index contributed by atoms with van der Waals surface area (Å²) < 4.78 is 17.3. The summed E-state index contributed by atoms with van der Waals surface area (Å²) in [6.07, 6.45) is 0. The minimum absolute atomic E-state index is 0.0951. The van der Waals surface area contributed by atoms with Crippen molar-refractivity contribution in [1.29, 1.82) is 0 Å². The van der Waals surface area contributed by atoms with Gasteiger partial charge in [-0.3, -0.25) is 0 Å². The first-order valence-corrected chi connectivity index (χ1v) is 3.64. The fourth-order valence-corrected chi connectivity index (χ4v) is 0.827.